The molecule has 10 nitrogen and oxygen atoms in total. The summed E-state index contributed by atoms with van der Waals surface area (Å²) in [5.74, 6) is 0. The fourth-order valence-corrected chi connectivity index (χ4v) is 5.66. The summed E-state index contributed by atoms with van der Waals surface area (Å²) in [6.07, 6.45) is -5.61. The van der Waals surface area contributed by atoms with Gasteiger partial charge in [0.25, 0.3) is 5.56 Å². The van der Waals surface area contributed by atoms with Crippen LogP contribution in [0.1, 0.15) is 55.1 Å². The third-order valence-electron chi connectivity index (χ3n) is 8.96. The van der Waals surface area contributed by atoms with Crippen molar-refractivity contribution in [2.24, 2.45) is 12.5 Å². The van der Waals surface area contributed by atoms with E-state index in [4.69, 9.17) is 0 Å². The maximum absolute atomic E-state index is 14.0. The van der Waals surface area contributed by atoms with Crippen LogP contribution in [0.5, 0.6) is 0 Å². The molecule has 2 aromatic carbocycles. The van der Waals surface area contributed by atoms with Crippen molar-refractivity contribution in [3.63, 3.8) is 0 Å². The van der Waals surface area contributed by atoms with Crippen LogP contribution in [-0.4, -0.2) is 43.4 Å². The van der Waals surface area contributed by atoms with E-state index < -0.39 is 35.9 Å². The standard InChI is InChI=1S/C33H27F6N9O/c1-30(2,32(34,35)36)17-43-27-19(14-41)15-42-26-18(13-40)11-20(12-24(26)27)44-28(22-5-4-6-23-21(22)7-10-47(3)29(23)49)25-16-48(46-45-25)31(8-9-31)33(37,38)39/h4-7,10-12,15-16,28,44H,8-9,17H2,1-3H3,(H,42,43). The van der Waals surface area contributed by atoms with E-state index in [9.17, 15) is 41.7 Å². The van der Waals surface area contributed by atoms with Crippen molar-refractivity contribution in [3.8, 4) is 12.1 Å². The second-order valence-electron chi connectivity index (χ2n) is 12.7. The number of hydrogen-bond acceptors (Lipinski definition) is 8. The zero-order chi connectivity index (χ0) is 35.5. The Morgan fingerprint density at radius 2 is 1.71 bits per heavy atom. The minimum atomic E-state index is -4.58. The summed E-state index contributed by atoms with van der Waals surface area (Å²) in [7, 11) is 1.57. The highest BCUT2D eigenvalue weighted by Gasteiger charge is 2.66. The Kier molecular flexibility index (Phi) is 7.81. The number of fused-ring (bicyclic) bond motifs is 2. The number of halogens is 6. The zero-order valence-corrected chi connectivity index (χ0v) is 26.2. The van der Waals surface area contributed by atoms with Gasteiger partial charge < -0.3 is 15.2 Å². The Balaban J connectivity index is 1.52. The summed E-state index contributed by atoms with van der Waals surface area (Å²) >= 11 is 0. The Hall–Kier alpha value is -5.64. The van der Waals surface area contributed by atoms with E-state index in [1.54, 1.807) is 37.5 Å². The number of pyridine rings is 2. The molecule has 3 heterocycles. The highest BCUT2D eigenvalue weighted by atomic mass is 19.4. The number of aryl methyl sites for hydroxylation is 1. The number of benzene rings is 2. The molecule has 6 rings (SSSR count). The Morgan fingerprint density at radius 3 is 2.35 bits per heavy atom. The molecular weight excluding hydrogens is 652 g/mol. The smallest absolute Gasteiger partial charge is 0.382 e. The molecule has 5 aromatic rings. The lowest BCUT2D eigenvalue weighted by Gasteiger charge is -2.28. The Morgan fingerprint density at radius 1 is 1.00 bits per heavy atom. The van der Waals surface area contributed by atoms with Crippen LogP contribution >= 0.6 is 0 Å². The molecule has 0 spiro atoms. The minimum Gasteiger partial charge on any atom is -0.382 e. The fourth-order valence-electron chi connectivity index (χ4n) is 5.66. The number of anilines is 2. The monoisotopic (exact) mass is 679 g/mol. The van der Waals surface area contributed by atoms with Crippen molar-refractivity contribution in [3.05, 3.63) is 87.7 Å². The molecule has 0 radical (unpaired) electrons. The van der Waals surface area contributed by atoms with Crippen molar-refractivity contribution in [2.45, 2.75) is 50.6 Å². The lowest BCUT2D eigenvalue weighted by atomic mass is 9.92. The summed E-state index contributed by atoms with van der Waals surface area (Å²) in [5, 5.41) is 34.7. The van der Waals surface area contributed by atoms with Crippen molar-refractivity contribution >= 4 is 33.1 Å². The van der Waals surface area contributed by atoms with Crippen LogP contribution in [0.25, 0.3) is 21.7 Å². The topological polar surface area (TPSA) is 137 Å². The molecule has 1 atom stereocenters. The maximum atomic E-state index is 14.0. The Labute approximate surface area is 274 Å². The summed E-state index contributed by atoms with van der Waals surface area (Å²) in [6.45, 7) is 1.40. The highest BCUT2D eigenvalue weighted by Crippen LogP contribution is 2.55. The number of rotatable bonds is 8. The third kappa shape index (κ3) is 5.67. The van der Waals surface area contributed by atoms with Gasteiger partial charge in [0, 0.05) is 42.4 Å². The summed E-state index contributed by atoms with van der Waals surface area (Å²) < 4.78 is 85.4. The van der Waals surface area contributed by atoms with Gasteiger partial charge in [-0.1, -0.05) is 17.3 Å². The second kappa shape index (κ2) is 11.5. The molecule has 2 N–H and O–H groups in total. The Bertz CT molecular complexity index is 2250. The molecule has 1 saturated carbocycles. The average molecular weight is 680 g/mol. The molecule has 1 fully saturated rings. The second-order valence-corrected chi connectivity index (χ2v) is 12.7. The van der Waals surface area contributed by atoms with E-state index in [0.29, 0.717) is 16.3 Å². The molecule has 1 aliphatic rings. The lowest BCUT2D eigenvalue weighted by molar-refractivity contribution is -0.206. The first-order chi connectivity index (χ1) is 23.0. The van der Waals surface area contributed by atoms with Crippen LogP contribution in [0.2, 0.25) is 0 Å². The van der Waals surface area contributed by atoms with E-state index in [-0.39, 0.29) is 57.5 Å². The largest absolute Gasteiger partial charge is 0.413 e. The van der Waals surface area contributed by atoms with E-state index in [1.165, 1.54) is 22.9 Å². The predicted octanol–water partition coefficient (Wildman–Crippen LogP) is 6.67. The van der Waals surface area contributed by atoms with Gasteiger partial charge in [0.1, 0.15) is 17.8 Å². The summed E-state index contributed by atoms with van der Waals surface area (Å²) in [5.41, 5.74) is -3.93. The van der Waals surface area contributed by atoms with Crippen LogP contribution < -0.4 is 16.2 Å². The van der Waals surface area contributed by atoms with Crippen LogP contribution in [-0.2, 0) is 12.6 Å². The predicted molar refractivity (Wildman–Crippen MR) is 167 cm³/mol. The zero-order valence-electron chi connectivity index (χ0n) is 26.2. The number of nitrogens with zero attached hydrogens (tertiary/aromatic N) is 7. The average Bonchev–Trinajstić information content (AvgIpc) is 3.74. The number of nitrogens with one attached hydrogen (secondary N) is 2. The first-order valence-corrected chi connectivity index (χ1v) is 14.9. The van der Waals surface area contributed by atoms with E-state index in [2.05, 4.69) is 25.9 Å². The van der Waals surface area contributed by atoms with Gasteiger partial charge in [-0.2, -0.15) is 36.9 Å². The van der Waals surface area contributed by atoms with Crippen LogP contribution in [0.3, 0.4) is 0 Å². The third-order valence-corrected chi connectivity index (χ3v) is 8.96. The SMILES string of the molecule is Cn1ccc2c(C(Nc3cc(C#N)c4ncc(C#N)c(NCC(C)(C)C(F)(F)F)c4c3)c3cn(C4(C(F)(F)F)CC4)nn3)cccc2c1=O. The maximum Gasteiger partial charge on any atom is 0.413 e. The van der Waals surface area contributed by atoms with Crippen molar-refractivity contribution < 1.29 is 26.3 Å². The van der Waals surface area contributed by atoms with Gasteiger partial charge in [-0.05, 0) is 61.9 Å². The molecule has 252 valence electrons. The molecule has 0 amide bonds. The molecule has 1 unspecified atom stereocenters. The molecule has 3 aromatic heterocycles. The molecule has 1 aliphatic carbocycles. The van der Waals surface area contributed by atoms with Crippen molar-refractivity contribution in [2.75, 3.05) is 17.2 Å². The van der Waals surface area contributed by atoms with Gasteiger partial charge in [-0.25, -0.2) is 4.68 Å². The number of nitriles is 2. The minimum absolute atomic E-state index is 0.00539. The van der Waals surface area contributed by atoms with E-state index in [1.807, 2.05) is 12.1 Å². The lowest BCUT2D eigenvalue weighted by Crippen LogP contribution is -2.38. The highest BCUT2D eigenvalue weighted by molar-refractivity contribution is 5.99. The summed E-state index contributed by atoms with van der Waals surface area (Å²) in [4.78, 5) is 17.2. The van der Waals surface area contributed by atoms with Gasteiger partial charge >= 0.3 is 12.4 Å². The molecular formula is C33H27F6N9O. The molecule has 49 heavy (non-hydrogen) atoms. The normalized spacial score (nSPS) is 15.1. The quantitative estimate of drug-likeness (QED) is 0.174. The van der Waals surface area contributed by atoms with Gasteiger partial charge in [0.05, 0.1) is 40.0 Å². The molecule has 0 saturated heterocycles. The number of alkyl halides is 6. The number of hydrogen-bond donors (Lipinski definition) is 2. The van der Waals surface area contributed by atoms with Crippen LogP contribution in [0, 0.1) is 28.1 Å². The first-order valence-electron chi connectivity index (χ1n) is 14.9. The molecule has 16 heteroatoms. The van der Waals surface area contributed by atoms with Crippen LogP contribution in [0.4, 0.5) is 37.7 Å². The molecule has 0 bridgehead atoms. The van der Waals surface area contributed by atoms with Gasteiger partial charge in [0.2, 0.25) is 0 Å². The van der Waals surface area contributed by atoms with E-state index in [0.717, 1.165) is 24.7 Å². The molecule has 0 aliphatic heterocycles. The van der Waals surface area contributed by atoms with Gasteiger partial charge in [-0.3, -0.25) is 9.78 Å². The van der Waals surface area contributed by atoms with Crippen molar-refractivity contribution in [1.82, 2.24) is 24.5 Å². The summed E-state index contributed by atoms with van der Waals surface area (Å²) in [6, 6.07) is 12.4. The number of aromatic nitrogens is 5. The van der Waals surface area contributed by atoms with E-state index >= 15 is 0 Å². The fraction of sp³-hybridized carbons (Fsp3) is 0.333. The first kappa shape index (κ1) is 33.3. The van der Waals surface area contributed by atoms with Crippen LogP contribution in [0.15, 0.2) is 59.8 Å². The van der Waals surface area contributed by atoms with Gasteiger partial charge in [-0.15, -0.1) is 5.10 Å². The van der Waals surface area contributed by atoms with Gasteiger partial charge in [0.15, 0.2) is 5.54 Å². The van der Waals surface area contributed by atoms with Crippen molar-refractivity contribution in [1.29, 1.82) is 10.5 Å².